The normalized spacial score (nSPS) is 23.5. The highest BCUT2D eigenvalue weighted by molar-refractivity contribution is 7.14. The molecule has 2 fully saturated rings. The number of nitrogens with zero attached hydrogens (tertiary/aromatic N) is 4. The van der Waals surface area contributed by atoms with Gasteiger partial charge >= 0.3 is 0 Å². The van der Waals surface area contributed by atoms with Crippen LogP contribution in [0.5, 0.6) is 5.75 Å². The maximum Gasteiger partial charge on any atom is 0.276 e. The van der Waals surface area contributed by atoms with Crippen molar-refractivity contribution >= 4 is 17.2 Å². The number of hydrogen-bond donors (Lipinski definition) is 1. The van der Waals surface area contributed by atoms with Gasteiger partial charge in [-0.05, 0) is 30.9 Å². The van der Waals surface area contributed by atoms with E-state index in [4.69, 9.17) is 4.74 Å². The number of carbonyl (C=O) groups excluding carboxylic acids is 1. The van der Waals surface area contributed by atoms with E-state index in [1.807, 2.05) is 0 Å². The number of halogens is 2. The highest BCUT2D eigenvalue weighted by Gasteiger charge is 2.47. The number of fused-ring (bicyclic) bond motifs is 5. The molecule has 170 valence electrons. The molecule has 3 atom stereocenters. The van der Waals surface area contributed by atoms with Crippen LogP contribution in [-0.4, -0.2) is 49.1 Å². The van der Waals surface area contributed by atoms with Gasteiger partial charge in [0.05, 0.1) is 18.2 Å². The lowest BCUT2D eigenvalue weighted by Gasteiger charge is -2.44. The molecule has 3 aliphatic rings. The lowest BCUT2D eigenvalue weighted by Crippen LogP contribution is -2.57. The Balaban J connectivity index is 1.35. The molecule has 1 saturated carbocycles. The van der Waals surface area contributed by atoms with Crippen molar-refractivity contribution in [2.75, 3.05) is 0 Å². The zero-order valence-corrected chi connectivity index (χ0v) is 18.0. The summed E-state index contributed by atoms with van der Waals surface area (Å²) in [6, 6.07) is 3.35. The molecule has 2 aliphatic heterocycles. The number of aromatic nitrogens is 3. The summed E-state index contributed by atoms with van der Waals surface area (Å²) < 4.78 is 34.7. The minimum atomic E-state index is -0.717. The second kappa shape index (κ2) is 7.42. The highest BCUT2D eigenvalue weighted by atomic mass is 32.1. The Labute approximate surface area is 190 Å². The van der Waals surface area contributed by atoms with Crippen molar-refractivity contribution in [3.8, 4) is 16.3 Å². The highest BCUT2D eigenvalue weighted by Crippen LogP contribution is 2.39. The Morgan fingerprint density at radius 1 is 1.21 bits per heavy atom. The van der Waals surface area contributed by atoms with Crippen molar-refractivity contribution in [1.29, 1.82) is 0 Å². The third-order valence-electron chi connectivity index (χ3n) is 6.51. The van der Waals surface area contributed by atoms with Crippen LogP contribution in [-0.2, 0) is 17.7 Å². The third-order valence-corrected chi connectivity index (χ3v) is 7.47. The number of ether oxygens (including phenoxy) is 1. The number of carbonyl (C=O) groups is 1. The first kappa shape index (κ1) is 20.4. The Hall–Kier alpha value is -3.18. The molecule has 4 heterocycles. The van der Waals surface area contributed by atoms with Crippen molar-refractivity contribution in [3.63, 3.8) is 0 Å². The first-order chi connectivity index (χ1) is 15.9. The molecule has 1 N–H and O–H groups in total. The summed E-state index contributed by atoms with van der Waals surface area (Å²) in [5, 5.41) is 19.4. The lowest BCUT2D eigenvalue weighted by molar-refractivity contribution is -0.132. The first-order valence-corrected chi connectivity index (χ1v) is 11.4. The molecule has 6 rings (SSSR count). The smallest absolute Gasteiger partial charge is 0.276 e. The maximum atomic E-state index is 14.0. The summed E-state index contributed by atoms with van der Waals surface area (Å²) in [7, 11) is 0. The summed E-state index contributed by atoms with van der Waals surface area (Å²) in [6.45, 7) is 0.293. The van der Waals surface area contributed by atoms with Crippen LogP contribution in [0.15, 0.2) is 29.2 Å². The van der Waals surface area contributed by atoms with E-state index in [-0.39, 0.29) is 40.4 Å². The monoisotopic (exact) mass is 472 g/mol. The van der Waals surface area contributed by atoms with Gasteiger partial charge in [-0.2, -0.15) is 0 Å². The zero-order valence-electron chi connectivity index (χ0n) is 17.2. The van der Waals surface area contributed by atoms with E-state index in [1.165, 1.54) is 12.3 Å². The SMILES string of the molecule is O=C1c2c(O)c(=O)c(-c3nnc(Cc4ccc(F)cc4F)s3)cn2C[C@H]2O[C@@H]3CC[C@@H](C3)N12. The zero-order chi connectivity index (χ0) is 22.9. The number of benzene rings is 1. The molecule has 33 heavy (non-hydrogen) atoms. The van der Waals surface area contributed by atoms with Crippen LogP contribution in [0.3, 0.4) is 0 Å². The van der Waals surface area contributed by atoms with Gasteiger partial charge in [-0.3, -0.25) is 9.59 Å². The van der Waals surface area contributed by atoms with Crippen LogP contribution in [0.25, 0.3) is 10.6 Å². The second-order valence-electron chi connectivity index (χ2n) is 8.53. The Morgan fingerprint density at radius 3 is 2.88 bits per heavy atom. The summed E-state index contributed by atoms with van der Waals surface area (Å²) in [4.78, 5) is 27.7. The van der Waals surface area contributed by atoms with Crippen LogP contribution in [0, 0.1) is 11.6 Å². The number of amides is 1. The predicted octanol–water partition coefficient (Wildman–Crippen LogP) is 2.67. The van der Waals surface area contributed by atoms with Crippen molar-refractivity contribution in [1.82, 2.24) is 19.7 Å². The van der Waals surface area contributed by atoms with E-state index < -0.39 is 34.9 Å². The fourth-order valence-corrected chi connectivity index (χ4v) is 5.84. The molecule has 1 aromatic carbocycles. The summed E-state index contributed by atoms with van der Waals surface area (Å²) in [5.74, 6) is -2.41. The molecule has 8 nitrogen and oxygen atoms in total. The minimum Gasteiger partial charge on any atom is -0.503 e. The van der Waals surface area contributed by atoms with Gasteiger partial charge in [0.25, 0.3) is 5.91 Å². The molecule has 1 saturated heterocycles. The second-order valence-corrected chi connectivity index (χ2v) is 9.59. The van der Waals surface area contributed by atoms with Crippen molar-refractivity contribution in [2.24, 2.45) is 0 Å². The van der Waals surface area contributed by atoms with E-state index >= 15 is 0 Å². The van der Waals surface area contributed by atoms with E-state index in [2.05, 4.69) is 10.2 Å². The number of pyridine rings is 1. The van der Waals surface area contributed by atoms with Gasteiger partial charge < -0.3 is 19.3 Å². The maximum absolute atomic E-state index is 14.0. The first-order valence-electron chi connectivity index (χ1n) is 10.6. The van der Waals surface area contributed by atoms with Gasteiger partial charge in [0.1, 0.15) is 16.6 Å². The largest absolute Gasteiger partial charge is 0.503 e. The van der Waals surface area contributed by atoms with Crippen molar-refractivity contribution in [3.05, 3.63) is 62.5 Å². The molecule has 1 aliphatic carbocycles. The van der Waals surface area contributed by atoms with Crippen LogP contribution < -0.4 is 5.43 Å². The molecular formula is C22H18F2N4O4S. The molecule has 0 spiro atoms. The van der Waals surface area contributed by atoms with Gasteiger partial charge in [0, 0.05) is 24.7 Å². The average molecular weight is 472 g/mol. The van der Waals surface area contributed by atoms with E-state index in [0.717, 1.165) is 42.7 Å². The fourth-order valence-electron chi connectivity index (χ4n) is 4.97. The summed E-state index contributed by atoms with van der Waals surface area (Å²) >= 11 is 1.07. The summed E-state index contributed by atoms with van der Waals surface area (Å²) in [6.07, 6.45) is 3.75. The quantitative estimate of drug-likeness (QED) is 0.630. The van der Waals surface area contributed by atoms with Crippen molar-refractivity contribution < 1.29 is 23.4 Å². The van der Waals surface area contributed by atoms with Crippen LogP contribution >= 0.6 is 11.3 Å². The number of hydrogen-bond acceptors (Lipinski definition) is 7. The third kappa shape index (κ3) is 3.25. The van der Waals surface area contributed by atoms with E-state index in [0.29, 0.717) is 11.6 Å². The fraction of sp³-hybridized carbons (Fsp3) is 0.364. The van der Waals surface area contributed by atoms with Gasteiger partial charge in [-0.25, -0.2) is 8.78 Å². The van der Waals surface area contributed by atoms with Gasteiger partial charge in [-0.15, -0.1) is 10.2 Å². The molecule has 0 unspecified atom stereocenters. The minimum absolute atomic E-state index is 0.0490. The lowest BCUT2D eigenvalue weighted by atomic mass is 10.1. The van der Waals surface area contributed by atoms with E-state index in [9.17, 15) is 23.5 Å². The van der Waals surface area contributed by atoms with Crippen LogP contribution in [0.4, 0.5) is 8.78 Å². The molecule has 2 bridgehead atoms. The van der Waals surface area contributed by atoms with E-state index in [1.54, 1.807) is 9.47 Å². The summed E-state index contributed by atoms with van der Waals surface area (Å²) in [5.41, 5.74) is -0.420. The van der Waals surface area contributed by atoms with Gasteiger partial charge in [0.15, 0.2) is 22.7 Å². The predicted molar refractivity (Wildman–Crippen MR) is 113 cm³/mol. The molecule has 2 aromatic heterocycles. The molecular weight excluding hydrogens is 454 g/mol. The Kier molecular flexibility index (Phi) is 4.59. The van der Waals surface area contributed by atoms with Crippen LogP contribution in [0.1, 0.15) is 40.3 Å². The standard InChI is InChI=1S/C22H18F2N4O4S/c23-11-2-1-10(15(24)6-11)5-16-25-26-21(33-16)14-8-27-9-17-28(12-3-4-13(7-12)32-17)22(31)18(27)20(30)19(14)29/h1-2,6,8,12-13,17,30H,3-5,7,9H2/t12-,13+,17+/m0/s1. The molecule has 3 aromatic rings. The van der Waals surface area contributed by atoms with Gasteiger partial charge in [-0.1, -0.05) is 17.4 Å². The molecule has 0 radical (unpaired) electrons. The number of aromatic hydroxyl groups is 1. The van der Waals surface area contributed by atoms with Gasteiger partial charge in [0.2, 0.25) is 5.43 Å². The van der Waals surface area contributed by atoms with Crippen LogP contribution in [0.2, 0.25) is 0 Å². The topological polar surface area (TPSA) is 97.5 Å². The molecule has 11 heteroatoms. The Morgan fingerprint density at radius 2 is 2.06 bits per heavy atom. The Bertz CT molecular complexity index is 1360. The number of rotatable bonds is 3. The van der Waals surface area contributed by atoms with Crippen molar-refractivity contribution in [2.45, 2.75) is 50.6 Å². The molecule has 1 amide bonds. The average Bonchev–Trinajstić information content (AvgIpc) is 3.39.